The molecule has 0 atom stereocenters. The molecule has 2 rings (SSSR count). The minimum absolute atomic E-state index is 0.0857. The smallest absolute Gasteiger partial charge is 0.246 e. The number of carbonyl (C=O) groups excluding carboxylic acids is 1. The van der Waals surface area contributed by atoms with Gasteiger partial charge in [0.25, 0.3) is 0 Å². The van der Waals surface area contributed by atoms with Gasteiger partial charge in [-0.25, -0.2) is 0 Å². The Morgan fingerprint density at radius 3 is 2.76 bits per heavy atom. The summed E-state index contributed by atoms with van der Waals surface area (Å²) in [5.41, 5.74) is 10.6. The number of benzene rings is 1. The Morgan fingerprint density at radius 2 is 2.14 bits per heavy atom. The average molecular weight is 286 g/mol. The summed E-state index contributed by atoms with van der Waals surface area (Å²) in [4.78, 5) is 12.1. The SMILES string of the molecule is CCc1c(C)nn(CC(=O)Nc2cccc(CN)c2)c1C. The third-order valence-electron chi connectivity index (χ3n) is 3.62. The van der Waals surface area contributed by atoms with Crippen LogP contribution in [0, 0.1) is 13.8 Å². The van der Waals surface area contributed by atoms with Gasteiger partial charge in [-0.2, -0.15) is 5.10 Å². The first kappa shape index (κ1) is 15.3. The molecular formula is C16H22N4O. The van der Waals surface area contributed by atoms with Crippen LogP contribution in [0.5, 0.6) is 0 Å². The molecule has 0 aliphatic heterocycles. The monoisotopic (exact) mass is 286 g/mol. The molecule has 0 radical (unpaired) electrons. The number of aryl methyl sites for hydroxylation is 1. The summed E-state index contributed by atoms with van der Waals surface area (Å²) in [6.45, 7) is 6.76. The summed E-state index contributed by atoms with van der Waals surface area (Å²) in [5.74, 6) is -0.0857. The van der Waals surface area contributed by atoms with Crippen molar-refractivity contribution in [1.82, 2.24) is 9.78 Å². The second-order valence-corrected chi connectivity index (χ2v) is 5.11. The molecule has 0 fully saturated rings. The van der Waals surface area contributed by atoms with Crippen molar-refractivity contribution in [2.24, 2.45) is 5.73 Å². The third kappa shape index (κ3) is 3.49. The first-order valence-corrected chi connectivity index (χ1v) is 7.16. The van der Waals surface area contributed by atoms with E-state index in [1.165, 1.54) is 5.56 Å². The van der Waals surface area contributed by atoms with Crippen molar-refractivity contribution in [3.8, 4) is 0 Å². The number of anilines is 1. The topological polar surface area (TPSA) is 72.9 Å². The fraction of sp³-hybridized carbons (Fsp3) is 0.375. The molecule has 5 heteroatoms. The van der Waals surface area contributed by atoms with Gasteiger partial charge in [0.05, 0.1) is 5.69 Å². The summed E-state index contributed by atoms with van der Waals surface area (Å²) < 4.78 is 1.76. The normalized spacial score (nSPS) is 10.7. The Morgan fingerprint density at radius 1 is 1.38 bits per heavy atom. The number of nitrogens with zero attached hydrogens (tertiary/aromatic N) is 2. The molecule has 21 heavy (non-hydrogen) atoms. The molecule has 1 aromatic carbocycles. The summed E-state index contributed by atoms with van der Waals surface area (Å²) in [5, 5.41) is 7.32. The molecule has 3 N–H and O–H groups in total. The number of carbonyl (C=O) groups is 1. The van der Waals surface area contributed by atoms with E-state index in [0.717, 1.165) is 29.1 Å². The molecule has 1 aromatic heterocycles. The van der Waals surface area contributed by atoms with Crippen LogP contribution in [0.1, 0.15) is 29.4 Å². The zero-order valence-electron chi connectivity index (χ0n) is 12.8. The Hall–Kier alpha value is -2.14. The van der Waals surface area contributed by atoms with Gasteiger partial charge in [0.2, 0.25) is 5.91 Å². The van der Waals surface area contributed by atoms with Crippen molar-refractivity contribution in [2.45, 2.75) is 40.3 Å². The van der Waals surface area contributed by atoms with Gasteiger partial charge < -0.3 is 11.1 Å². The molecule has 0 spiro atoms. The van der Waals surface area contributed by atoms with Crippen molar-refractivity contribution in [3.05, 3.63) is 46.8 Å². The van der Waals surface area contributed by atoms with Crippen molar-refractivity contribution in [3.63, 3.8) is 0 Å². The maximum absolute atomic E-state index is 12.1. The van der Waals surface area contributed by atoms with Gasteiger partial charge in [0, 0.05) is 17.9 Å². The molecule has 1 amide bonds. The second kappa shape index (κ2) is 6.54. The lowest BCUT2D eigenvalue weighted by atomic mass is 10.1. The van der Waals surface area contributed by atoms with Crippen LogP contribution in [0.3, 0.4) is 0 Å². The predicted octanol–water partition coefficient (Wildman–Crippen LogP) is 2.16. The van der Waals surface area contributed by atoms with E-state index < -0.39 is 0 Å². The summed E-state index contributed by atoms with van der Waals surface area (Å²) in [6.07, 6.45) is 0.928. The number of nitrogens with one attached hydrogen (secondary N) is 1. The van der Waals surface area contributed by atoms with Gasteiger partial charge in [-0.05, 0) is 43.5 Å². The maximum atomic E-state index is 12.1. The summed E-state index contributed by atoms with van der Waals surface area (Å²) >= 11 is 0. The highest BCUT2D eigenvalue weighted by molar-refractivity contribution is 5.90. The van der Waals surface area contributed by atoms with E-state index in [2.05, 4.69) is 17.3 Å². The fourth-order valence-corrected chi connectivity index (χ4v) is 2.51. The molecule has 2 aromatic rings. The Bertz CT molecular complexity index is 646. The number of hydrogen-bond acceptors (Lipinski definition) is 3. The Labute approximate surface area is 125 Å². The van der Waals surface area contributed by atoms with E-state index in [1.54, 1.807) is 4.68 Å². The van der Waals surface area contributed by atoms with Crippen LogP contribution in [0.4, 0.5) is 5.69 Å². The van der Waals surface area contributed by atoms with Crippen LogP contribution in [-0.4, -0.2) is 15.7 Å². The van der Waals surface area contributed by atoms with Crippen molar-refractivity contribution >= 4 is 11.6 Å². The molecular weight excluding hydrogens is 264 g/mol. The number of nitrogens with two attached hydrogens (primary N) is 1. The van der Waals surface area contributed by atoms with Gasteiger partial charge in [-0.3, -0.25) is 9.48 Å². The van der Waals surface area contributed by atoms with Crippen LogP contribution in [0.15, 0.2) is 24.3 Å². The predicted molar refractivity (Wildman–Crippen MR) is 84.0 cm³/mol. The van der Waals surface area contributed by atoms with E-state index in [0.29, 0.717) is 6.54 Å². The van der Waals surface area contributed by atoms with E-state index in [4.69, 9.17) is 5.73 Å². The zero-order chi connectivity index (χ0) is 15.4. The molecule has 0 unspecified atom stereocenters. The van der Waals surface area contributed by atoms with E-state index in [-0.39, 0.29) is 12.5 Å². The van der Waals surface area contributed by atoms with Crippen LogP contribution in [0.25, 0.3) is 0 Å². The lowest BCUT2D eigenvalue weighted by Gasteiger charge is -2.08. The van der Waals surface area contributed by atoms with Gasteiger partial charge >= 0.3 is 0 Å². The first-order chi connectivity index (χ1) is 10.0. The zero-order valence-corrected chi connectivity index (χ0v) is 12.8. The van der Waals surface area contributed by atoms with Crippen molar-refractivity contribution in [1.29, 1.82) is 0 Å². The maximum Gasteiger partial charge on any atom is 0.246 e. The third-order valence-corrected chi connectivity index (χ3v) is 3.62. The van der Waals surface area contributed by atoms with E-state index in [9.17, 15) is 4.79 Å². The van der Waals surface area contributed by atoms with E-state index in [1.807, 2.05) is 38.1 Å². The van der Waals surface area contributed by atoms with Gasteiger partial charge in [0.1, 0.15) is 6.54 Å². The number of rotatable bonds is 5. The van der Waals surface area contributed by atoms with Gasteiger partial charge in [-0.15, -0.1) is 0 Å². The summed E-state index contributed by atoms with van der Waals surface area (Å²) in [6, 6.07) is 7.56. The molecule has 1 heterocycles. The molecule has 0 aliphatic carbocycles. The molecule has 0 aliphatic rings. The van der Waals surface area contributed by atoms with Crippen LogP contribution < -0.4 is 11.1 Å². The highest BCUT2D eigenvalue weighted by atomic mass is 16.2. The molecule has 5 nitrogen and oxygen atoms in total. The quantitative estimate of drug-likeness (QED) is 0.884. The lowest BCUT2D eigenvalue weighted by molar-refractivity contribution is -0.116. The first-order valence-electron chi connectivity index (χ1n) is 7.16. The van der Waals surface area contributed by atoms with Crippen LogP contribution in [-0.2, 0) is 24.3 Å². The lowest BCUT2D eigenvalue weighted by Crippen LogP contribution is -2.20. The highest BCUT2D eigenvalue weighted by Crippen LogP contribution is 2.14. The Balaban J connectivity index is 2.08. The minimum Gasteiger partial charge on any atom is -0.326 e. The standard InChI is InChI=1S/C16H22N4O/c1-4-15-11(2)19-20(12(15)3)10-16(21)18-14-7-5-6-13(8-14)9-17/h5-8H,4,9-10,17H2,1-3H3,(H,18,21). The summed E-state index contributed by atoms with van der Waals surface area (Å²) in [7, 11) is 0. The second-order valence-electron chi connectivity index (χ2n) is 5.11. The number of aromatic nitrogens is 2. The van der Waals surface area contributed by atoms with Crippen molar-refractivity contribution in [2.75, 3.05) is 5.32 Å². The minimum atomic E-state index is -0.0857. The van der Waals surface area contributed by atoms with Crippen LogP contribution in [0.2, 0.25) is 0 Å². The van der Waals surface area contributed by atoms with Crippen LogP contribution >= 0.6 is 0 Å². The highest BCUT2D eigenvalue weighted by Gasteiger charge is 2.12. The largest absolute Gasteiger partial charge is 0.326 e. The molecule has 0 saturated heterocycles. The molecule has 0 bridgehead atoms. The number of hydrogen-bond donors (Lipinski definition) is 2. The fourth-order valence-electron chi connectivity index (χ4n) is 2.51. The van der Waals surface area contributed by atoms with Gasteiger partial charge in [0.15, 0.2) is 0 Å². The van der Waals surface area contributed by atoms with E-state index >= 15 is 0 Å². The molecule has 112 valence electrons. The number of amides is 1. The van der Waals surface area contributed by atoms with Gasteiger partial charge in [-0.1, -0.05) is 19.1 Å². The molecule has 0 saturated carbocycles. The average Bonchev–Trinajstić information content (AvgIpc) is 2.73. The Kier molecular flexibility index (Phi) is 4.75. The van der Waals surface area contributed by atoms with Crippen molar-refractivity contribution < 1.29 is 4.79 Å².